The molecular weight excluding hydrogens is 500 g/mol. The van der Waals surface area contributed by atoms with Gasteiger partial charge in [0.15, 0.2) is 0 Å². The predicted octanol–water partition coefficient (Wildman–Crippen LogP) is 1.55. The van der Waals surface area contributed by atoms with Gasteiger partial charge in [-0.15, -0.1) is 0 Å². The van der Waals surface area contributed by atoms with Gasteiger partial charge in [-0.25, -0.2) is 14.4 Å². The lowest BCUT2D eigenvalue weighted by Gasteiger charge is -2.29. The molecule has 0 spiro atoms. The summed E-state index contributed by atoms with van der Waals surface area (Å²) >= 11 is 0. The standard InChI is InChI=1S/C24H42N6O8/c1-8-9-12-36-30-15-10-11-17(29(14-15)22(30)35)19(32)28-27-18(31)16(26-21(34)38-24(5,6)7)13-25-20(33)37-23(2,3)4/h15-17H,8-14H2,1-7H3,(H,25,33)(H,26,34)(H,27,31)(H,28,32)/t15-,16?,17-/m0/s1. The van der Waals surface area contributed by atoms with Crippen molar-refractivity contribution in [2.24, 2.45) is 0 Å². The summed E-state index contributed by atoms with van der Waals surface area (Å²) in [5.74, 6) is -1.40. The second-order valence-electron chi connectivity index (χ2n) is 11.3. The minimum Gasteiger partial charge on any atom is -0.444 e. The zero-order valence-electron chi connectivity index (χ0n) is 23.3. The number of piperidine rings is 1. The Bertz CT molecular complexity index is 884. The molecule has 2 aliphatic heterocycles. The Hall–Kier alpha value is -3.29. The van der Waals surface area contributed by atoms with E-state index in [4.69, 9.17) is 14.3 Å². The number of carbonyl (C=O) groups is 5. The minimum atomic E-state index is -1.30. The van der Waals surface area contributed by atoms with Gasteiger partial charge in [0.2, 0.25) is 0 Å². The first-order valence-electron chi connectivity index (χ1n) is 12.9. The first-order chi connectivity index (χ1) is 17.6. The maximum absolute atomic E-state index is 12.9. The molecule has 14 nitrogen and oxygen atoms in total. The highest BCUT2D eigenvalue weighted by Gasteiger charge is 2.48. The van der Waals surface area contributed by atoms with Crippen molar-refractivity contribution >= 4 is 30.0 Å². The van der Waals surface area contributed by atoms with E-state index >= 15 is 0 Å². The molecule has 0 radical (unpaired) electrons. The molecule has 0 aromatic heterocycles. The number of urea groups is 1. The Morgan fingerprint density at radius 1 is 0.974 bits per heavy atom. The van der Waals surface area contributed by atoms with Crippen molar-refractivity contribution in [1.82, 2.24) is 31.4 Å². The summed E-state index contributed by atoms with van der Waals surface area (Å²) in [5.41, 5.74) is 2.99. The topological polar surface area (TPSA) is 168 Å². The number of hydrazine groups is 1. The predicted molar refractivity (Wildman–Crippen MR) is 135 cm³/mol. The SMILES string of the molecule is CCCCON1C(=O)N2C[C@@H]1CC[C@H]2C(=O)NNC(=O)C(CNC(=O)OC(C)(C)C)NC(=O)OC(C)(C)C. The molecule has 14 heteroatoms. The molecule has 4 N–H and O–H groups in total. The highest BCUT2D eigenvalue weighted by Crippen LogP contribution is 2.30. The Kier molecular flexibility index (Phi) is 10.6. The number of alkyl carbamates (subject to hydrolysis) is 2. The van der Waals surface area contributed by atoms with Crippen molar-refractivity contribution < 1.29 is 38.3 Å². The van der Waals surface area contributed by atoms with Gasteiger partial charge in [-0.2, -0.15) is 5.06 Å². The molecule has 2 fully saturated rings. The summed E-state index contributed by atoms with van der Waals surface area (Å²) in [5, 5.41) is 6.13. The average Bonchev–Trinajstić information content (AvgIpc) is 3.02. The highest BCUT2D eigenvalue weighted by atomic mass is 16.7. The van der Waals surface area contributed by atoms with E-state index in [-0.39, 0.29) is 18.6 Å². The zero-order valence-corrected chi connectivity index (χ0v) is 23.3. The number of unbranched alkanes of at least 4 members (excludes halogenated alkanes) is 1. The third-order valence-electron chi connectivity index (χ3n) is 5.52. The van der Waals surface area contributed by atoms with Crippen molar-refractivity contribution in [2.75, 3.05) is 19.7 Å². The monoisotopic (exact) mass is 542 g/mol. The first kappa shape index (κ1) is 30.9. The Balaban J connectivity index is 1.97. The van der Waals surface area contributed by atoms with E-state index in [2.05, 4.69) is 21.5 Å². The van der Waals surface area contributed by atoms with E-state index < -0.39 is 47.3 Å². The van der Waals surface area contributed by atoms with E-state index in [1.54, 1.807) is 41.5 Å². The van der Waals surface area contributed by atoms with Crippen molar-refractivity contribution in [2.45, 2.75) is 103 Å². The molecular formula is C24H42N6O8. The van der Waals surface area contributed by atoms with Crippen LogP contribution >= 0.6 is 0 Å². The summed E-state index contributed by atoms with van der Waals surface area (Å²) in [6.45, 7) is 12.5. The zero-order chi connectivity index (χ0) is 28.7. The largest absolute Gasteiger partial charge is 0.444 e. The molecule has 2 rings (SSSR count). The fourth-order valence-electron chi connectivity index (χ4n) is 3.83. The van der Waals surface area contributed by atoms with Gasteiger partial charge < -0.3 is 25.0 Å². The van der Waals surface area contributed by atoms with Gasteiger partial charge in [0.05, 0.1) is 19.2 Å². The summed E-state index contributed by atoms with van der Waals surface area (Å²) in [7, 11) is 0. The van der Waals surface area contributed by atoms with Crippen LogP contribution in [-0.4, -0.2) is 89.0 Å². The van der Waals surface area contributed by atoms with Gasteiger partial charge in [0, 0.05) is 6.54 Å². The number of nitrogens with one attached hydrogen (secondary N) is 4. The van der Waals surface area contributed by atoms with Crippen LogP contribution in [0.2, 0.25) is 0 Å². The lowest BCUT2D eigenvalue weighted by Crippen LogP contribution is -2.59. The Morgan fingerprint density at radius 3 is 2.21 bits per heavy atom. The van der Waals surface area contributed by atoms with Crippen LogP contribution in [0.5, 0.6) is 0 Å². The van der Waals surface area contributed by atoms with E-state index in [1.807, 2.05) is 6.92 Å². The van der Waals surface area contributed by atoms with Crippen LogP contribution in [-0.2, 0) is 23.9 Å². The maximum Gasteiger partial charge on any atom is 0.408 e. The fraction of sp³-hybridized carbons (Fsp3) is 0.792. The number of fused-ring (bicyclic) bond motifs is 2. The van der Waals surface area contributed by atoms with E-state index in [9.17, 15) is 24.0 Å². The van der Waals surface area contributed by atoms with Crippen LogP contribution in [0.25, 0.3) is 0 Å². The average molecular weight is 543 g/mol. The molecule has 6 amide bonds. The van der Waals surface area contributed by atoms with Gasteiger partial charge in [-0.1, -0.05) is 13.3 Å². The molecule has 216 valence electrons. The number of hydroxylamine groups is 2. The third kappa shape index (κ3) is 9.54. The molecule has 2 heterocycles. The number of hydrogen-bond acceptors (Lipinski definition) is 8. The molecule has 2 aliphatic rings. The van der Waals surface area contributed by atoms with Crippen LogP contribution in [0.15, 0.2) is 0 Å². The van der Waals surface area contributed by atoms with Gasteiger partial charge in [0.1, 0.15) is 23.3 Å². The summed E-state index contributed by atoms with van der Waals surface area (Å²) in [4.78, 5) is 69.9. The number of amides is 6. The lowest BCUT2D eigenvalue weighted by molar-refractivity contribution is -0.133. The smallest absolute Gasteiger partial charge is 0.408 e. The fourth-order valence-corrected chi connectivity index (χ4v) is 3.83. The quantitative estimate of drug-likeness (QED) is 0.251. The van der Waals surface area contributed by atoms with Gasteiger partial charge >= 0.3 is 18.2 Å². The molecule has 1 unspecified atom stereocenters. The molecule has 0 aliphatic carbocycles. The number of ether oxygens (including phenoxy) is 2. The molecule has 2 saturated heterocycles. The van der Waals surface area contributed by atoms with Crippen LogP contribution in [0, 0.1) is 0 Å². The van der Waals surface area contributed by atoms with E-state index in [0.29, 0.717) is 26.0 Å². The van der Waals surface area contributed by atoms with E-state index in [0.717, 1.165) is 12.8 Å². The molecule has 3 atom stereocenters. The number of nitrogens with zero attached hydrogens (tertiary/aromatic N) is 2. The van der Waals surface area contributed by atoms with Gasteiger partial charge in [-0.05, 0) is 60.8 Å². The van der Waals surface area contributed by atoms with Crippen molar-refractivity contribution in [1.29, 1.82) is 0 Å². The lowest BCUT2D eigenvalue weighted by atomic mass is 10.0. The Labute approximate surface area is 223 Å². The summed E-state index contributed by atoms with van der Waals surface area (Å²) in [6.07, 6.45) is 1.03. The van der Waals surface area contributed by atoms with Crippen molar-refractivity contribution in [3.05, 3.63) is 0 Å². The molecule has 38 heavy (non-hydrogen) atoms. The van der Waals surface area contributed by atoms with Crippen LogP contribution in [0.1, 0.15) is 74.1 Å². The Morgan fingerprint density at radius 2 is 1.61 bits per heavy atom. The van der Waals surface area contributed by atoms with E-state index in [1.165, 1.54) is 9.96 Å². The summed E-state index contributed by atoms with van der Waals surface area (Å²) < 4.78 is 10.4. The van der Waals surface area contributed by atoms with Crippen LogP contribution < -0.4 is 21.5 Å². The minimum absolute atomic E-state index is 0.126. The summed E-state index contributed by atoms with van der Waals surface area (Å²) in [6, 6.07) is -2.61. The molecule has 0 aromatic rings. The second kappa shape index (κ2) is 13.0. The number of hydrogen-bond donors (Lipinski definition) is 4. The van der Waals surface area contributed by atoms with Crippen molar-refractivity contribution in [3.8, 4) is 0 Å². The van der Waals surface area contributed by atoms with Crippen LogP contribution in [0.4, 0.5) is 14.4 Å². The molecule has 0 aromatic carbocycles. The van der Waals surface area contributed by atoms with Gasteiger partial charge in [0.25, 0.3) is 11.8 Å². The third-order valence-corrected chi connectivity index (χ3v) is 5.52. The van der Waals surface area contributed by atoms with Crippen molar-refractivity contribution in [3.63, 3.8) is 0 Å². The number of carbonyl (C=O) groups excluding carboxylic acids is 5. The van der Waals surface area contributed by atoms with Crippen LogP contribution in [0.3, 0.4) is 0 Å². The highest BCUT2D eigenvalue weighted by molar-refractivity contribution is 5.92. The second-order valence-corrected chi connectivity index (χ2v) is 11.3. The maximum atomic E-state index is 12.9. The first-order valence-corrected chi connectivity index (χ1v) is 12.9. The molecule has 0 saturated carbocycles. The number of rotatable bonds is 9. The normalized spacial score (nSPS) is 19.9. The molecule has 2 bridgehead atoms. The van der Waals surface area contributed by atoms with Gasteiger partial charge in [-0.3, -0.25) is 25.3 Å².